The second-order valence-electron chi connectivity index (χ2n) is 7.35. The molecule has 8 nitrogen and oxygen atoms in total. The van der Waals surface area contributed by atoms with Crippen LogP contribution in [0.5, 0.6) is 0 Å². The monoisotopic (exact) mass is 470 g/mol. The van der Waals surface area contributed by atoms with Gasteiger partial charge in [0.2, 0.25) is 0 Å². The first-order valence-electron chi connectivity index (χ1n) is 11.1. The Labute approximate surface area is 187 Å². The summed E-state index contributed by atoms with van der Waals surface area (Å²) in [4.78, 5) is 0. The standard InChI is InChI=1S/C10H27N4P3.C8H22N4/c15-12-6-2-7-14(17)10-9-13(16)5-1-3-11-4-8-12;9-3-1-5-11-7-8-12-6-2-4-10/h11H,1-10,15-17H2;11-12H,1-10H2. The van der Waals surface area contributed by atoms with Gasteiger partial charge in [-0.3, -0.25) is 14.0 Å². The van der Waals surface area contributed by atoms with E-state index in [9.17, 15) is 0 Å². The van der Waals surface area contributed by atoms with E-state index in [2.05, 4.69) is 58.1 Å². The van der Waals surface area contributed by atoms with Crippen molar-refractivity contribution < 1.29 is 0 Å². The highest BCUT2D eigenvalue weighted by Crippen LogP contribution is 2.06. The Morgan fingerprint density at radius 1 is 0.621 bits per heavy atom. The maximum Gasteiger partial charge on any atom is 0.0147 e. The molecule has 176 valence electrons. The van der Waals surface area contributed by atoms with E-state index in [1.807, 2.05) is 0 Å². The topological polar surface area (TPSA) is 97.8 Å². The summed E-state index contributed by atoms with van der Waals surface area (Å²) in [7, 11) is 8.51. The molecule has 1 heterocycles. The lowest BCUT2D eigenvalue weighted by Crippen LogP contribution is -2.32. The van der Waals surface area contributed by atoms with Crippen molar-refractivity contribution in [3.8, 4) is 0 Å². The van der Waals surface area contributed by atoms with E-state index in [0.717, 1.165) is 104 Å². The molecule has 1 aliphatic heterocycles. The Morgan fingerprint density at radius 3 is 1.62 bits per heavy atom. The molecule has 0 aromatic rings. The zero-order valence-electron chi connectivity index (χ0n) is 18.5. The highest BCUT2D eigenvalue weighted by molar-refractivity contribution is 7.13. The van der Waals surface area contributed by atoms with E-state index in [4.69, 9.17) is 11.5 Å². The van der Waals surface area contributed by atoms with Crippen molar-refractivity contribution in [2.75, 3.05) is 91.6 Å². The average molecular weight is 471 g/mol. The molecule has 7 N–H and O–H groups in total. The molecule has 1 aliphatic rings. The molecule has 0 saturated carbocycles. The summed E-state index contributed by atoms with van der Waals surface area (Å²) >= 11 is 0. The van der Waals surface area contributed by atoms with Gasteiger partial charge >= 0.3 is 0 Å². The Balaban J connectivity index is 0.000000578. The van der Waals surface area contributed by atoms with E-state index in [1.54, 1.807) is 0 Å². The first kappa shape index (κ1) is 30.0. The van der Waals surface area contributed by atoms with E-state index in [-0.39, 0.29) is 0 Å². The normalized spacial score (nSPS) is 19.3. The summed E-state index contributed by atoms with van der Waals surface area (Å²) in [6, 6.07) is 0. The number of rotatable bonds is 9. The quantitative estimate of drug-likeness (QED) is 0.228. The Bertz CT molecular complexity index is 321. The molecule has 29 heavy (non-hydrogen) atoms. The van der Waals surface area contributed by atoms with Gasteiger partial charge in [-0.05, 0) is 58.4 Å². The van der Waals surface area contributed by atoms with Gasteiger partial charge in [0.25, 0.3) is 0 Å². The summed E-state index contributed by atoms with van der Waals surface area (Å²) in [5.41, 5.74) is 10.7. The van der Waals surface area contributed by atoms with Crippen LogP contribution in [0.15, 0.2) is 0 Å². The van der Waals surface area contributed by atoms with Crippen LogP contribution in [0.2, 0.25) is 0 Å². The molecule has 0 aromatic carbocycles. The largest absolute Gasteiger partial charge is 0.330 e. The van der Waals surface area contributed by atoms with Gasteiger partial charge in [-0.25, -0.2) is 0 Å². The first-order chi connectivity index (χ1) is 14.1. The van der Waals surface area contributed by atoms with Gasteiger partial charge in [0.1, 0.15) is 0 Å². The van der Waals surface area contributed by atoms with Crippen molar-refractivity contribution in [3.05, 3.63) is 0 Å². The van der Waals surface area contributed by atoms with Crippen LogP contribution in [0.25, 0.3) is 0 Å². The summed E-state index contributed by atoms with van der Waals surface area (Å²) in [5.74, 6) is 0. The van der Waals surface area contributed by atoms with Crippen molar-refractivity contribution in [3.63, 3.8) is 0 Å². The maximum absolute atomic E-state index is 5.34. The molecule has 0 spiro atoms. The highest BCUT2D eigenvalue weighted by Gasteiger charge is 2.05. The molecule has 0 aliphatic carbocycles. The lowest BCUT2D eigenvalue weighted by molar-refractivity contribution is 0.352. The van der Waals surface area contributed by atoms with Crippen LogP contribution < -0.4 is 27.4 Å². The van der Waals surface area contributed by atoms with Crippen molar-refractivity contribution in [2.24, 2.45) is 11.5 Å². The summed E-state index contributed by atoms with van der Waals surface area (Å²) in [5, 5.41) is 10.1. The predicted octanol–water partition coefficient (Wildman–Crippen LogP) is -0.491. The number of hydrogen-bond donors (Lipinski definition) is 5. The minimum absolute atomic E-state index is 0.771. The van der Waals surface area contributed by atoms with E-state index in [1.165, 1.54) is 12.8 Å². The lowest BCUT2D eigenvalue weighted by Gasteiger charge is -2.24. The molecule has 1 fully saturated rings. The number of nitrogens with one attached hydrogen (secondary N) is 3. The second-order valence-corrected chi connectivity index (χ2v) is 9.54. The third-order valence-electron chi connectivity index (χ3n) is 4.53. The van der Waals surface area contributed by atoms with Crippen molar-refractivity contribution in [1.82, 2.24) is 30.0 Å². The fraction of sp³-hybridized carbons (Fsp3) is 1.00. The smallest absolute Gasteiger partial charge is 0.0147 e. The molecule has 0 radical (unpaired) electrons. The second kappa shape index (κ2) is 23.6. The molecular formula is C18H49N8P3. The van der Waals surface area contributed by atoms with Crippen LogP contribution in [0, 0.1) is 0 Å². The summed E-state index contributed by atoms with van der Waals surface area (Å²) < 4.78 is 7.02. The van der Waals surface area contributed by atoms with Crippen LogP contribution in [-0.2, 0) is 0 Å². The van der Waals surface area contributed by atoms with Crippen LogP contribution in [0.1, 0.15) is 25.7 Å². The van der Waals surface area contributed by atoms with Gasteiger partial charge in [0.15, 0.2) is 0 Å². The molecule has 11 heteroatoms. The van der Waals surface area contributed by atoms with E-state index >= 15 is 0 Å². The van der Waals surface area contributed by atoms with E-state index < -0.39 is 0 Å². The lowest BCUT2D eigenvalue weighted by atomic mass is 10.3. The third-order valence-corrected chi connectivity index (χ3v) is 6.08. The van der Waals surface area contributed by atoms with Crippen molar-refractivity contribution >= 4 is 28.2 Å². The molecule has 0 bridgehead atoms. The molecule has 0 aromatic heterocycles. The number of nitrogens with zero attached hydrogens (tertiary/aromatic N) is 3. The summed E-state index contributed by atoms with van der Waals surface area (Å²) in [6.45, 7) is 14.7. The van der Waals surface area contributed by atoms with Crippen LogP contribution in [-0.4, -0.2) is 106 Å². The minimum atomic E-state index is 0.771. The Hall–Kier alpha value is 0.970. The fourth-order valence-corrected chi connectivity index (χ4v) is 3.61. The fourth-order valence-electron chi connectivity index (χ4n) is 2.70. The van der Waals surface area contributed by atoms with Gasteiger partial charge in [-0.2, -0.15) is 0 Å². The van der Waals surface area contributed by atoms with Crippen molar-refractivity contribution in [2.45, 2.75) is 25.7 Å². The molecule has 1 saturated heterocycles. The van der Waals surface area contributed by atoms with Crippen LogP contribution in [0.4, 0.5) is 0 Å². The third kappa shape index (κ3) is 23.5. The highest BCUT2D eigenvalue weighted by atomic mass is 31.0. The van der Waals surface area contributed by atoms with Gasteiger partial charge < -0.3 is 27.4 Å². The molecule has 3 atom stereocenters. The molecular weight excluding hydrogens is 421 g/mol. The van der Waals surface area contributed by atoms with Gasteiger partial charge in [-0.15, -0.1) is 0 Å². The minimum Gasteiger partial charge on any atom is -0.330 e. The van der Waals surface area contributed by atoms with Gasteiger partial charge in [-0.1, -0.05) is 28.2 Å². The summed E-state index contributed by atoms with van der Waals surface area (Å²) in [6.07, 6.45) is 4.56. The molecule has 3 unspecified atom stereocenters. The first-order valence-corrected chi connectivity index (χ1v) is 12.7. The van der Waals surface area contributed by atoms with Crippen LogP contribution >= 0.6 is 28.2 Å². The Kier molecular flexibility index (Phi) is 24.4. The zero-order valence-corrected chi connectivity index (χ0v) is 21.9. The van der Waals surface area contributed by atoms with Crippen LogP contribution in [0.3, 0.4) is 0 Å². The average Bonchev–Trinajstić information content (AvgIpc) is 2.71. The van der Waals surface area contributed by atoms with Gasteiger partial charge in [0, 0.05) is 58.9 Å². The molecule has 1 rings (SSSR count). The van der Waals surface area contributed by atoms with Crippen molar-refractivity contribution in [1.29, 1.82) is 0 Å². The predicted molar refractivity (Wildman–Crippen MR) is 139 cm³/mol. The zero-order chi connectivity index (χ0) is 21.6. The van der Waals surface area contributed by atoms with Gasteiger partial charge in [0.05, 0.1) is 0 Å². The SMILES string of the molecule is NCCCNCCNCCCN.PN1CCCN(P)CCN(P)CCCNCC1. The Morgan fingerprint density at radius 2 is 1.10 bits per heavy atom. The van der Waals surface area contributed by atoms with E-state index in [0.29, 0.717) is 0 Å². The maximum atomic E-state index is 5.34. The number of nitrogens with two attached hydrogens (primary N) is 2. The number of hydrogen-bond acceptors (Lipinski definition) is 8. The molecule has 0 amide bonds.